The van der Waals surface area contributed by atoms with Gasteiger partial charge >= 0.3 is 37.0 Å². The maximum absolute atomic E-state index is 10.1. The van der Waals surface area contributed by atoms with E-state index in [0.717, 1.165) is 12.8 Å². The van der Waals surface area contributed by atoms with E-state index in [4.69, 9.17) is 5.11 Å². The average Bonchev–Trinajstić information content (AvgIpc) is 2.12. The Morgan fingerprint density at radius 3 is 1.93 bits per heavy atom. The zero-order valence-electron chi connectivity index (χ0n) is 9.81. The van der Waals surface area contributed by atoms with Crippen molar-refractivity contribution in [3.63, 3.8) is 0 Å². The third-order valence-corrected chi connectivity index (χ3v) is 1.74. The summed E-state index contributed by atoms with van der Waals surface area (Å²) in [4.78, 5) is 14.7. The van der Waals surface area contributed by atoms with E-state index >= 15 is 0 Å². The Bertz CT molecular complexity index is 116. The van der Waals surface area contributed by atoms with Crippen LogP contribution in [0.2, 0.25) is 9.88 Å². The summed E-state index contributed by atoms with van der Waals surface area (Å²) in [5.74, 6) is -0.666. The van der Waals surface area contributed by atoms with Gasteiger partial charge in [-0.05, 0) is 6.42 Å². The van der Waals surface area contributed by atoms with Crippen LogP contribution in [0.4, 0.5) is 0 Å². The van der Waals surface area contributed by atoms with Gasteiger partial charge in [-0.2, -0.15) is 0 Å². The molecule has 0 saturated carbocycles. The molecule has 2 radical (unpaired) electrons. The van der Waals surface area contributed by atoms with Gasteiger partial charge in [0.05, 0.1) is 0 Å². The number of carboxylic acids is 1. The number of aliphatic carboxylic acids is 1. The van der Waals surface area contributed by atoms with Crippen LogP contribution in [0.1, 0.15) is 51.9 Å². The van der Waals surface area contributed by atoms with Gasteiger partial charge in [0.1, 0.15) is 0 Å². The predicted molar refractivity (Wildman–Crippen MR) is 63.1 cm³/mol. The molecule has 1 N–H and O–H groups in total. The molecule has 84 valence electrons. The summed E-state index contributed by atoms with van der Waals surface area (Å²) in [5, 5.41) is 8.32. The summed E-state index contributed by atoms with van der Waals surface area (Å²) in [5.41, 5.74) is 0. The number of carboxylic acid groups (broad SMARTS) is 1. The molecule has 0 atom stereocenters. The number of hydrogen-bond acceptors (Lipinski definition) is 1. The molecule has 0 saturated heterocycles. The molecular weight excluding hydrogens is 283 g/mol. The minimum absolute atomic E-state index is 0.230. The first-order valence-corrected chi connectivity index (χ1v) is 11.2. The molecule has 0 aliphatic heterocycles. The molecule has 0 unspecified atom stereocenters. The van der Waals surface area contributed by atoms with Gasteiger partial charge in [-0.25, -0.2) is 0 Å². The Labute approximate surface area is 98.7 Å². The van der Waals surface area contributed by atoms with Crippen molar-refractivity contribution < 1.29 is 9.90 Å². The first-order chi connectivity index (χ1) is 6.68. The Balaban J connectivity index is 0. The second kappa shape index (κ2) is 15.7. The number of hydrogen-bond donors (Lipinski definition) is 1. The van der Waals surface area contributed by atoms with Crippen molar-refractivity contribution in [3.8, 4) is 0 Å². The van der Waals surface area contributed by atoms with E-state index in [9.17, 15) is 4.79 Å². The molecule has 0 aliphatic carbocycles. The molecule has 0 aromatic carbocycles. The van der Waals surface area contributed by atoms with Gasteiger partial charge < -0.3 is 5.11 Å². The fourth-order valence-corrected chi connectivity index (χ4v) is 1.06. The van der Waals surface area contributed by atoms with Crippen LogP contribution in [0.3, 0.4) is 0 Å². The summed E-state index contributed by atoms with van der Waals surface area (Å²) in [6, 6.07) is 0. The van der Waals surface area contributed by atoms with Crippen molar-refractivity contribution in [2.45, 2.75) is 61.7 Å². The zero-order valence-corrected chi connectivity index (χ0v) is 12.7. The predicted octanol–water partition coefficient (Wildman–Crippen LogP) is 3.61. The van der Waals surface area contributed by atoms with Crippen LogP contribution in [0, 0.1) is 0 Å². The van der Waals surface area contributed by atoms with Gasteiger partial charge in [0.15, 0.2) is 0 Å². The van der Waals surface area contributed by atoms with Gasteiger partial charge in [0.25, 0.3) is 0 Å². The maximum atomic E-state index is 10.1. The third kappa shape index (κ3) is 22.8. The summed E-state index contributed by atoms with van der Waals surface area (Å²) in [6.07, 6.45) is 7.25. The Morgan fingerprint density at radius 2 is 1.50 bits per heavy atom. The Morgan fingerprint density at radius 1 is 1.07 bits per heavy atom. The quantitative estimate of drug-likeness (QED) is 0.576. The van der Waals surface area contributed by atoms with Crippen molar-refractivity contribution in [2.24, 2.45) is 0 Å². The van der Waals surface area contributed by atoms with Crippen molar-refractivity contribution in [3.05, 3.63) is 0 Å². The average molecular weight is 307 g/mol. The Hall–Kier alpha value is 0.269. The molecule has 0 rings (SSSR count). The molecule has 3 heteroatoms. The number of carbonyl (C=O) groups is 1. The molecule has 0 heterocycles. The van der Waals surface area contributed by atoms with E-state index in [1.54, 1.807) is 0 Å². The van der Waals surface area contributed by atoms with E-state index in [1.165, 1.54) is 25.7 Å². The minimum atomic E-state index is -0.666. The molecule has 0 spiro atoms. The SMILES string of the molecule is CCCCCCCCC(=O)O.[CH3][Sn][CH3]. The van der Waals surface area contributed by atoms with Crippen LogP contribution in [0.15, 0.2) is 0 Å². The fourth-order valence-electron chi connectivity index (χ4n) is 1.06. The topological polar surface area (TPSA) is 37.3 Å². The van der Waals surface area contributed by atoms with Crippen LogP contribution in [0.25, 0.3) is 0 Å². The summed E-state index contributed by atoms with van der Waals surface area (Å²) >= 11 is 0.230. The molecule has 14 heavy (non-hydrogen) atoms. The van der Waals surface area contributed by atoms with Crippen molar-refractivity contribution in [2.75, 3.05) is 0 Å². The van der Waals surface area contributed by atoms with E-state index in [0.29, 0.717) is 6.42 Å². The normalized spacial score (nSPS) is 9.07. The van der Waals surface area contributed by atoms with Gasteiger partial charge in [-0.1, -0.05) is 39.0 Å². The first-order valence-electron chi connectivity index (χ1n) is 5.49. The van der Waals surface area contributed by atoms with Crippen LogP contribution >= 0.6 is 0 Å². The molecule has 0 bridgehead atoms. The molecule has 0 aromatic heterocycles. The second-order valence-electron chi connectivity index (χ2n) is 3.41. The van der Waals surface area contributed by atoms with Gasteiger partial charge in [-0.15, -0.1) is 0 Å². The summed E-state index contributed by atoms with van der Waals surface area (Å²) in [6.45, 7) is 2.18. The summed E-state index contributed by atoms with van der Waals surface area (Å²) in [7, 11) is 0. The number of unbranched alkanes of at least 4 members (excludes halogenated alkanes) is 5. The third-order valence-electron chi connectivity index (χ3n) is 1.74. The first kappa shape index (κ1) is 16.7. The molecule has 2 nitrogen and oxygen atoms in total. The van der Waals surface area contributed by atoms with Gasteiger partial charge in [-0.3, -0.25) is 4.79 Å². The molecular formula is C11H24O2Sn. The fraction of sp³-hybridized carbons (Fsp3) is 0.909. The monoisotopic (exact) mass is 308 g/mol. The molecule has 0 amide bonds. The van der Waals surface area contributed by atoms with Crippen molar-refractivity contribution in [1.82, 2.24) is 0 Å². The molecule has 0 aromatic rings. The van der Waals surface area contributed by atoms with Crippen LogP contribution in [0.5, 0.6) is 0 Å². The summed E-state index contributed by atoms with van der Waals surface area (Å²) < 4.78 is 0. The molecule has 0 fully saturated rings. The van der Waals surface area contributed by atoms with E-state index < -0.39 is 5.97 Å². The van der Waals surface area contributed by atoms with Crippen molar-refractivity contribution in [1.29, 1.82) is 0 Å². The van der Waals surface area contributed by atoms with Crippen molar-refractivity contribution >= 4 is 27.1 Å². The van der Waals surface area contributed by atoms with Crippen LogP contribution in [-0.2, 0) is 4.79 Å². The van der Waals surface area contributed by atoms with E-state index in [1.807, 2.05) is 0 Å². The van der Waals surface area contributed by atoms with Crippen LogP contribution in [-0.4, -0.2) is 32.2 Å². The standard InChI is InChI=1S/C9H18O2.2CH3.Sn/c1-2-3-4-5-6-7-8-9(10)11;;;/h2-8H2,1H3,(H,10,11);2*1H3;. The zero-order chi connectivity index (χ0) is 11.2. The van der Waals surface area contributed by atoms with E-state index in [2.05, 4.69) is 16.8 Å². The Kier molecular flexibility index (Phi) is 18.7. The van der Waals surface area contributed by atoms with Gasteiger partial charge in [0.2, 0.25) is 0 Å². The van der Waals surface area contributed by atoms with Gasteiger partial charge in [0, 0.05) is 6.42 Å². The number of rotatable bonds is 7. The van der Waals surface area contributed by atoms with E-state index in [-0.39, 0.29) is 21.1 Å². The second-order valence-corrected chi connectivity index (χ2v) is 6.27. The molecule has 0 aliphatic rings. The van der Waals surface area contributed by atoms with Crippen LogP contribution < -0.4 is 0 Å².